The van der Waals surface area contributed by atoms with E-state index in [1.165, 1.54) is 19.3 Å². The summed E-state index contributed by atoms with van der Waals surface area (Å²) >= 11 is 0. The first-order valence-corrected chi connectivity index (χ1v) is 7.12. The molecule has 0 radical (unpaired) electrons. The number of alkyl carbamates (subject to hydrolysis) is 1. The van der Waals surface area contributed by atoms with Gasteiger partial charge in [-0.2, -0.15) is 0 Å². The Morgan fingerprint density at radius 2 is 2.00 bits per heavy atom. The second-order valence-electron chi connectivity index (χ2n) is 6.09. The molecule has 4 nitrogen and oxygen atoms in total. The Bertz CT molecular complexity index is 257. The van der Waals surface area contributed by atoms with Crippen molar-refractivity contribution in [3.63, 3.8) is 0 Å². The average Bonchev–Trinajstić information content (AvgIpc) is 3.04. The highest BCUT2D eigenvalue weighted by atomic mass is 16.6. The van der Waals surface area contributed by atoms with Crippen LogP contribution in [0, 0.1) is 5.92 Å². The molecule has 18 heavy (non-hydrogen) atoms. The topological polar surface area (TPSA) is 50.4 Å². The first kappa shape index (κ1) is 15.3. The number of hydrogen-bond donors (Lipinski definition) is 2. The molecule has 0 aromatic carbocycles. The van der Waals surface area contributed by atoms with Gasteiger partial charge in [-0.15, -0.1) is 0 Å². The van der Waals surface area contributed by atoms with Crippen molar-refractivity contribution >= 4 is 6.09 Å². The van der Waals surface area contributed by atoms with Gasteiger partial charge in [0.05, 0.1) is 0 Å². The van der Waals surface area contributed by atoms with E-state index in [1.807, 2.05) is 20.8 Å². The molecule has 1 saturated carbocycles. The summed E-state index contributed by atoms with van der Waals surface area (Å²) in [6.07, 6.45) is 4.58. The fourth-order valence-electron chi connectivity index (χ4n) is 2.02. The van der Waals surface area contributed by atoms with Crippen LogP contribution in [0.15, 0.2) is 0 Å². The van der Waals surface area contributed by atoms with Crippen molar-refractivity contribution in [2.24, 2.45) is 5.92 Å². The molecule has 1 amide bonds. The second-order valence-corrected chi connectivity index (χ2v) is 6.09. The number of rotatable bonds is 7. The van der Waals surface area contributed by atoms with E-state index in [2.05, 4.69) is 17.6 Å². The van der Waals surface area contributed by atoms with Crippen molar-refractivity contribution in [3.05, 3.63) is 0 Å². The summed E-state index contributed by atoms with van der Waals surface area (Å²) in [6, 6.07) is 0.673. The molecule has 106 valence electrons. The molecule has 0 aromatic heterocycles. The summed E-state index contributed by atoms with van der Waals surface area (Å²) in [5, 5.41) is 6.34. The minimum Gasteiger partial charge on any atom is -0.444 e. The molecule has 1 aliphatic rings. The molecule has 1 fully saturated rings. The fourth-order valence-corrected chi connectivity index (χ4v) is 2.02. The van der Waals surface area contributed by atoms with Crippen molar-refractivity contribution in [1.29, 1.82) is 0 Å². The maximum absolute atomic E-state index is 11.4. The Morgan fingerprint density at radius 1 is 1.33 bits per heavy atom. The van der Waals surface area contributed by atoms with Crippen LogP contribution in [0.1, 0.15) is 53.4 Å². The third-order valence-electron chi connectivity index (χ3n) is 3.06. The number of ether oxygens (including phenoxy) is 1. The lowest BCUT2D eigenvalue weighted by Gasteiger charge is -2.20. The molecule has 0 aromatic rings. The van der Waals surface area contributed by atoms with Gasteiger partial charge < -0.3 is 15.4 Å². The van der Waals surface area contributed by atoms with Crippen molar-refractivity contribution in [3.8, 4) is 0 Å². The third kappa shape index (κ3) is 6.84. The fraction of sp³-hybridized carbons (Fsp3) is 0.929. The van der Waals surface area contributed by atoms with Crippen molar-refractivity contribution in [1.82, 2.24) is 10.6 Å². The van der Waals surface area contributed by atoms with Gasteiger partial charge in [0.1, 0.15) is 5.60 Å². The van der Waals surface area contributed by atoms with Gasteiger partial charge in [-0.1, -0.05) is 6.92 Å². The zero-order chi connectivity index (χ0) is 13.6. The number of amides is 1. The lowest BCUT2D eigenvalue weighted by Crippen LogP contribution is -2.35. The maximum Gasteiger partial charge on any atom is 0.407 e. The Balaban J connectivity index is 1.99. The van der Waals surface area contributed by atoms with E-state index in [0.717, 1.165) is 18.9 Å². The minimum atomic E-state index is -0.415. The van der Waals surface area contributed by atoms with Crippen LogP contribution in [0.5, 0.6) is 0 Å². The van der Waals surface area contributed by atoms with Crippen molar-refractivity contribution in [2.75, 3.05) is 13.1 Å². The lowest BCUT2D eigenvalue weighted by atomic mass is 10.1. The normalized spacial score (nSPS) is 17.3. The molecule has 1 atom stereocenters. The Kier molecular flexibility index (Phi) is 5.93. The predicted molar refractivity (Wildman–Crippen MR) is 73.7 cm³/mol. The van der Waals surface area contributed by atoms with E-state index < -0.39 is 5.60 Å². The van der Waals surface area contributed by atoms with Crippen LogP contribution in [0.4, 0.5) is 4.79 Å². The van der Waals surface area contributed by atoms with Gasteiger partial charge in [-0.3, -0.25) is 0 Å². The quantitative estimate of drug-likeness (QED) is 0.689. The second kappa shape index (κ2) is 6.98. The molecule has 0 spiro atoms. The molecule has 0 heterocycles. The molecule has 1 rings (SSSR count). The maximum atomic E-state index is 11.4. The summed E-state index contributed by atoms with van der Waals surface area (Å²) in [5.74, 6) is 0.897. The van der Waals surface area contributed by atoms with Crippen molar-refractivity contribution < 1.29 is 9.53 Å². The highest BCUT2D eigenvalue weighted by Crippen LogP contribution is 2.33. The summed E-state index contributed by atoms with van der Waals surface area (Å²) in [4.78, 5) is 11.4. The molecule has 1 aliphatic carbocycles. The van der Waals surface area contributed by atoms with Crippen LogP contribution in [0.25, 0.3) is 0 Å². The summed E-state index contributed by atoms with van der Waals surface area (Å²) in [7, 11) is 0. The van der Waals surface area contributed by atoms with E-state index in [4.69, 9.17) is 4.74 Å². The smallest absolute Gasteiger partial charge is 0.407 e. The Labute approximate surface area is 111 Å². The summed E-state index contributed by atoms with van der Waals surface area (Å²) in [6.45, 7) is 9.48. The molecular formula is C14H28N2O2. The molecule has 4 heteroatoms. The zero-order valence-corrected chi connectivity index (χ0v) is 12.2. The molecule has 1 unspecified atom stereocenters. The number of hydrogen-bond acceptors (Lipinski definition) is 3. The van der Waals surface area contributed by atoms with Gasteiger partial charge in [-0.25, -0.2) is 4.79 Å². The highest BCUT2D eigenvalue weighted by molar-refractivity contribution is 5.67. The Hall–Kier alpha value is -0.770. The van der Waals surface area contributed by atoms with E-state index in [0.29, 0.717) is 12.6 Å². The number of carbonyl (C=O) groups excluding carboxylic acids is 1. The summed E-state index contributed by atoms with van der Waals surface area (Å²) in [5.41, 5.74) is -0.415. The van der Waals surface area contributed by atoms with E-state index in [-0.39, 0.29) is 6.09 Å². The molecule has 0 bridgehead atoms. The largest absolute Gasteiger partial charge is 0.444 e. The van der Waals surface area contributed by atoms with E-state index >= 15 is 0 Å². The van der Waals surface area contributed by atoms with Gasteiger partial charge in [0, 0.05) is 12.6 Å². The van der Waals surface area contributed by atoms with Gasteiger partial charge in [0.15, 0.2) is 0 Å². The first-order chi connectivity index (χ1) is 8.42. The molecule has 2 N–H and O–H groups in total. The van der Waals surface area contributed by atoms with Gasteiger partial charge in [0.25, 0.3) is 0 Å². The van der Waals surface area contributed by atoms with E-state index in [1.54, 1.807) is 0 Å². The summed E-state index contributed by atoms with van der Waals surface area (Å²) < 4.78 is 5.16. The van der Waals surface area contributed by atoms with Gasteiger partial charge in [-0.05, 0) is 58.9 Å². The highest BCUT2D eigenvalue weighted by Gasteiger charge is 2.29. The van der Waals surface area contributed by atoms with Crippen LogP contribution in [0.2, 0.25) is 0 Å². The molecular weight excluding hydrogens is 228 g/mol. The van der Waals surface area contributed by atoms with Gasteiger partial charge >= 0.3 is 6.09 Å². The number of nitrogens with one attached hydrogen (secondary N) is 2. The minimum absolute atomic E-state index is 0.322. The predicted octanol–water partition coefficient (Wildman–Crippen LogP) is 2.68. The van der Waals surface area contributed by atoms with Crippen LogP contribution >= 0.6 is 0 Å². The average molecular weight is 256 g/mol. The van der Waals surface area contributed by atoms with Crippen molar-refractivity contribution in [2.45, 2.75) is 65.0 Å². The van der Waals surface area contributed by atoms with Crippen LogP contribution < -0.4 is 10.6 Å². The van der Waals surface area contributed by atoms with E-state index in [9.17, 15) is 4.79 Å². The van der Waals surface area contributed by atoms with Gasteiger partial charge in [0.2, 0.25) is 0 Å². The molecule has 0 aliphatic heterocycles. The first-order valence-electron chi connectivity index (χ1n) is 7.12. The third-order valence-corrected chi connectivity index (χ3v) is 3.06. The molecule has 0 saturated heterocycles. The van der Waals surface area contributed by atoms with Crippen LogP contribution in [-0.2, 0) is 4.74 Å². The number of carbonyl (C=O) groups is 1. The SMILES string of the molecule is CCC(NCCCNC(=O)OC(C)(C)C)C1CC1. The standard InChI is InChI=1S/C14H28N2O2/c1-5-12(11-7-8-11)15-9-6-10-16-13(17)18-14(2,3)4/h11-12,15H,5-10H2,1-4H3,(H,16,17). The van der Waals surface area contributed by atoms with Crippen LogP contribution in [0.3, 0.4) is 0 Å². The Morgan fingerprint density at radius 3 is 2.50 bits per heavy atom. The monoisotopic (exact) mass is 256 g/mol. The zero-order valence-electron chi connectivity index (χ0n) is 12.2. The van der Waals surface area contributed by atoms with Crippen LogP contribution in [-0.4, -0.2) is 30.8 Å². The lowest BCUT2D eigenvalue weighted by molar-refractivity contribution is 0.0527.